The number of carbonyl (C=O) groups excluding carboxylic acids is 1. The van der Waals surface area contributed by atoms with Gasteiger partial charge < -0.3 is 15.6 Å². The molecular formula is C11H17N3O2. The normalized spacial score (nSPS) is 24.2. The van der Waals surface area contributed by atoms with Crippen LogP contribution in [0, 0.1) is 0 Å². The Morgan fingerprint density at radius 1 is 1.62 bits per heavy atom. The molecule has 0 saturated heterocycles. The first kappa shape index (κ1) is 11.1. The van der Waals surface area contributed by atoms with Crippen LogP contribution in [0.15, 0.2) is 10.6 Å². The molecule has 5 nitrogen and oxygen atoms in total. The number of carbonyl (C=O) groups is 1. The maximum atomic E-state index is 11.7. The third-order valence-electron chi connectivity index (χ3n) is 2.99. The molecule has 0 aliphatic heterocycles. The van der Waals surface area contributed by atoms with E-state index >= 15 is 0 Å². The van der Waals surface area contributed by atoms with Gasteiger partial charge in [-0.05, 0) is 18.8 Å². The van der Waals surface area contributed by atoms with Crippen molar-refractivity contribution in [3.63, 3.8) is 0 Å². The molecule has 1 aromatic rings. The molecule has 0 bridgehead atoms. The molecule has 1 aliphatic carbocycles. The van der Waals surface area contributed by atoms with Gasteiger partial charge in [-0.15, -0.1) is 0 Å². The van der Waals surface area contributed by atoms with E-state index in [-0.39, 0.29) is 29.7 Å². The fraction of sp³-hybridized carbons (Fsp3) is 0.636. The first-order valence-corrected chi connectivity index (χ1v) is 5.61. The van der Waals surface area contributed by atoms with E-state index in [9.17, 15) is 4.79 Å². The smallest absolute Gasteiger partial charge is 0.290 e. The average Bonchev–Trinajstić information content (AvgIpc) is 2.72. The number of amides is 1. The van der Waals surface area contributed by atoms with Gasteiger partial charge in [-0.25, -0.2) is 0 Å². The van der Waals surface area contributed by atoms with Gasteiger partial charge in [-0.3, -0.25) is 4.79 Å². The van der Waals surface area contributed by atoms with E-state index in [1.54, 1.807) is 6.07 Å². The van der Waals surface area contributed by atoms with Crippen LogP contribution in [0.5, 0.6) is 0 Å². The zero-order valence-electron chi connectivity index (χ0n) is 9.56. The lowest BCUT2D eigenvalue weighted by Crippen LogP contribution is -2.54. The lowest BCUT2D eigenvalue weighted by atomic mass is 9.87. The molecule has 1 heterocycles. The summed E-state index contributed by atoms with van der Waals surface area (Å²) in [5, 5.41) is 6.68. The summed E-state index contributed by atoms with van der Waals surface area (Å²) in [6, 6.07) is 1.85. The molecule has 3 N–H and O–H groups in total. The third kappa shape index (κ3) is 2.09. The molecule has 0 spiro atoms. The van der Waals surface area contributed by atoms with Crippen molar-refractivity contribution in [3.05, 3.63) is 17.5 Å². The highest BCUT2D eigenvalue weighted by molar-refractivity contribution is 5.91. The average molecular weight is 223 g/mol. The minimum absolute atomic E-state index is 0.0800. The summed E-state index contributed by atoms with van der Waals surface area (Å²) >= 11 is 0. The molecule has 0 radical (unpaired) electrons. The molecule has 16 heavy (non-hydrogen) atoms. The van der Waals surface area contributed by atoms with Crippen LogP contribution in [-0.4, -0.2) is 23.1 Å². The van der Waals surface area contributed by atoms with Crippen LogP contribution < -0.4 is 11.1 Å². The van der Waals surface area contributed by atoms with Gasteiger partial charge in [0.1, 0.15) is 0 Å². The van der Waals surface area contributed by atoms with Crippen molar-refractivity contribution in [1.29, 1.82) is 0 Å². The Morgan fingerprint density at radius 2 is 2.38 bits per heavy atom. The second-order valence-corrected chi connectivity index (χ2v) is 4.59. The van der Waals surface area contributed by atoms with Crippen molar-refractivity contribution < 1.29 is 9.32 Å². The van der Waals surface area contributed by atoms with Crippen molar-refractivity contribution in [2.45, 2.75) is 44.7 Å². The topological polar surface area (TPSA) is 81.2 Å². The van der Waals surface area contributed by atoms with Crippen LogP contribution in [-0.2, 0) is 0 Å². The summed E-state index contributed by atoms with van der Waals surface area (Å²) < 4.78 is 4.99. The summed E-state index contributed by atoms with van der Waals surface area (Å²) in [5.74, 6) is 0.304. The van der Waals surface area contributed by atoms with E-state index in [1.165, 1.54) is 0 Å². The van der Waals surface area contributed by atoms with Gasteiger partial charge in [0.05, 0.1) is 5.69 Å². The summed E-state index contributed by atoms with van der Waals surface area (Å²) in [6.07, 6.45) is 1.91. The largest absolute Gasteiger partial charge is 0.351 e. The first-order chi connectivity index (χ1) is 7.58. The second-order valence-electron chi connectivity index (χ2n) is 4.59. The van der Waals surface area contributed by atoms with Crippen molar-refractivity contribution in [3.8, 4) is 0 Å². The second kappa shape index (κ2) is 4.25. The van der Waals surface area contributed by atoms with Gasteiger partial charge in [0, 0.05) is 18.2 Å². The number of rotatable bonds is 3. The number of hydrogen-bond donors (Lipinski definition) is 2. The molecule has 0 aromatic carbocycles. The highest BCUT2D eigenvalue weighted by Gasteiger charge is 2.29. The van der Waals surface area contributed by atoms with Crippen molar-refractivity contribution in [1.82, 2.24) is 10.5 Å². The number of nitrogens with two attached hydrogens (primary N) is 1. The maximum Gasteiger partial charge on any atom is 0.290 e. The molecule has 1 amide bonds. The molecule has 5 heteroatoms. The number of nitrogens with one attached hydrogen (secondary N) is 1. The summed E-state index contributed by atoms with van der Waals surface area (Å²) in [4.78, 5) is 11.7. The Hall–Kier alpha value is -1.36. The SMILES string of the molecule is CC(C)c1cc(C(=O)N[C@H]2CC[C@H]2N)on1. The zero-order valence-corrected chi connectivity index (χ0v) is 9.56. The fourth-order valence-corrected chi connectivity index (χ4v) is 1.61. The van der Waals surface area contributed by atoms with Crippen LogP contribution in [0.25, 0.3) is 0 Å². The lowest BCUT2D eigenvalue weighted by Gasteiger charge is -2.33. The zero-order chi connectivity index (χ0) is 11.7. The molecule has 1 aromatic heterocycles. The highest BCUT2D eigenvalue weighted by Crippen LogP contribution is 2.19. The molecular weight excluding hydrogens is 206 g/mol. The van der Waals surface area contributed by atoms with E-state index < -0.39 is 0 Å². The number of aromatic nitrogens is 1. The molecule has 1 aliphatic rings. The van der Waals surface area contributed by atoms with Gasteiger partial charge >= 0.3 is 0 Å². The van der Waals surface area contributed by atoms with Gasteiger partial charge in [-0.2, -0.15) is 0 Å². The Kier molecular flexibility index (Phi) is 2.96. The van der Waals surface area contributed by atoms with Gasteiger partial charge in [-0.1, -0.05) is 19.0 Å². The molecule has 2 atom stereocenters. The summed E-state index contributed by atoms with van der Waals surface area (Å²) in [7, 11) is 0. The Morgan fingerprint density at radius 3 is 2.81 bits per heavy atom. The molecule has 0 unspecified atom stereocenters. The highest BCUT2D eigenvalue weighted by atomic mass is 16.5. The predicted octanol–water partition coefficient (Wildman–Crippen LogP) is 1.02. The van der Waals surface area contributed by atoms with E-state index in [1.807, 2.05) is 13.8 Å². The first-order valence-electron chi connectivity index (χ1n) is 5.61. The molecule has 88 valence electrons. The van der Waals surface area contributed by atoms with E-state index in [2.05, 4.69) is 10.5 Å². The fourth-order valence-electron chi connectivity index (χ4n) is 1.61. The van der Waals surface area contributed by atoms with Crippen LogP contribution >= 0.6 is 0 Å². The Balaban J connectivity index is 1.97. The van der Waals surface area contributed by atoms with Crippen molar-refractivity contribution in [2.75, 3.05) is 0 Å². The number of nitrogens with zero attached hydrogens (tertiary/aromatic N) is 1. The molecule has 1 fully saturated rings. The van der Waals surface area contributed by atoms with E-state index in [0.717, 1.165) is 18.5 Å². The molecule has 2 rings (SSSR count). The maximum absolute atomic E-state index is 11.7. The van der Waals surface area contributed by atoms with Crippen LogP contribution in [0.3, 0.4) is 0 Å². The quantitative estimate of drug-likeness (QED) is 0.801. The van der Waals surface area contributed by atoms with Gasteiger partial charge in [0.25, 0.3) is 5.91 Å². The standard InChI is InChI=1S/C11H17N3O2/c1-6(2)9-5-10(16-14-9)11(15)13-8-4-3-7(8)12/h5-8H,3-4,12H2,1-2H3,(H,13,15)/t7-,8+/m1/s1. The van der Waals surface area contributed by atoms with Crippen LogP contribution in [0.2, 0.25) is 0 Å². The third-order valence-corrected chi connectivity index (χ3v) is 2.99. The number of hydrogen-bond acceptors (Lipinski definition) is 4. The minimum Gasteiger partial charge on any atom is -0.351 e. The minimum atomic E-state index is -0.223. The lowest BCUT2D eigenvalue weighted by molar-refractivity contribution is 0.0868. The Bertz CT molecular complexity index is 386. The van der Waals surface area contributed by atoms with E-state index in [0.29, 0.717) is 0 Å². The summed E-state index contributed by atoms with van der Waals surface area (Å²) in [6.45, 7) is 4.00. The Labute approximate surface area is 94.4 Å². The van der Waals surface area contributed by atoms with Gasteiger partial charge in [0.2, 0.25) is 5.76 Å². The van der Waals surface area contributed by atoms with E-state index in [4.69, 9.17) is 10.3 Å². The summed E-state index contributed by atoms with van der Waals surface area (Å²) in [5.41, 5.74) is 6.54. The van der Waals surface area contributed by atoms with Crippen molar-refractivity contribution >= 4 is 5.91 Å². The van der Waals surface area contributed by atoms with Gasteiger partial charge in [0.15, 0.2) is 0 Å². The van der Waals surface area contributed by atoms with Crippen molar-refractivity contribution in [2.24, 2.45) is 5.73 Å². The molecule has 1 saturated carbocycles. The van der Waals surface area contributed by atoms with Crippen LogP contribution in [0.4, 0.5) is 0 Å². The monoisotopic (exact) mass is 223 g/mol. The predicted molar refractivity (Wildman–Crippen MR) is 59.1 cm³/mol. The van der Waals surface area contributed by atoms with Crippen LogP contribution in [0.1, 0.15) is 48.9 Å².